The molecule has 0 unspecified atom stereocenters. The molecule has 4 aromatic carbocycles. The normalized spacial score (nSPS) is 9.21. The Labute approximate surface area is 239 Å². The summed E-state index contributed by atoms with van der Waals surface area (Å²) in [6, 6.07) is 18.1. The fraction of sp³-hybridized carbons (Fsp3) is 0.333. The molecule has 0 atom stereocenters. The molecular weight excluding hydrogens is 551 g/mol. The molecule has 0 heterocycles. The Hall–Kier alpha value is -0.660. The van der Waals surface area contributed by atoms with Crippen molar-refractivity contribution in [3.63, 3.8) is 0 Å². The molecule has 0 aliphatic heterocycles. The van der Waals surface area contributed by atoms with Crippen LogP contribution in [0.3, 0.4) is 0 Å². The molecule has 0 spiro atoms. The summed E-state index contributed by atoms with van der Waals surface area (Å²) in [5, 5.41) is 5.72. The molecule has 0 fully saturated rings. The molecule has 4 aromatic rings. The van der Waals surface area contributed by atoms with Gasteiger partial charge in [-0.15, -0.1) is 93.9 Å². The third-order valence-electron chi connectivity index (χ3n) is 5.76. The van der Waals surface area contributed by atoms with Crippen molar-refractivity contribution in [1.82, 2.24) is 0 Å². The van der Waals surface area contributed by atoms with Crippen molar-refractivity contribution in [3.05, 3.63) is 96.8 Å². The van der Waals surface area contributed by atoms with Crippen LogP contribution in [0.25, 0.3) is 21.5 Å². The second-order valence-corrected chi connectivity index (χ2v) is 8.29. The molecule has 0 saturated heterocycles. The Morgan fingerprint density at radius 2 is 0.971 bits per heavy atom. The molecule has 0 aliphatic rings. The molecule has 0 aromatic heterocycles. The van der Waals surface area contributed by atoms with Gasteiger partial charge in [-0.2, -0.15) is 12.1 Å². The van der Waals surface area contributed by atoms with E-state index in [1.54, 1.807) is 0 Å². The summed E-state index contributed by atoms with van der Waals surface area (Å²) in [6.07, 6.45) is 4.85. The van der Waals surface area contributed by atoms with Crippen molar-refractivity contribution < 1.29 is 23.3 Å². The van der Waals surface area contributed by atoms with E-state index in [2.05, 4.69) is 97.0 Å². The van der Waals surface area contributed by atoms with Gasteiger partial charge in [0.15, 0.2) is 0 Å². The zero-order chi connectivity index (χ0) is 22.3. The third-order valence-corrected chi connectivity index (χ3v) is 5.76. The second kappa shape index (κ2) is 18.6. The van der Waals surface area contributed by atoms with Crippen LogP contribution in [0.4, 0.5) is 0 Å². The zero-order valence-electron chi connectivity index (χ0n) is 22.3. The predicted molar refractivity (Wildman–Crippen MR) is 159 cm³/mol. The summed E-state index contributed by atoms with van der Waals surface area (Å²) in [6.45, 7) is 16.3. The Kier molecular flexibility index (Phi) is 20.7. The Morgan fingerprint density at radius 1 is 0.647 bits per heavy atom. The quantitative estimate of drug-likeness (QED) is 0.163. The van der Waals surface area contributed by atoms with Crippen LogP contribution in [-0.4, -0.2) is 6.88 Å². The number of benzene rings is 2. The van der Waals surface area contributed by atoms with Crippen LogP contribution in [-0.2, 0) is 36.2 Å². The topological polar surface area (TPSA) is 0 Å². The van der Waals surface area contributed by atoms with E-state index >= 15 is 0 Å². The van der Waals surface area contributed by atoms with E-state index < -0.39 is 0 Å². The minimum absolute atomic E-state index is 0. The number of aryl methyl sites for hydroxylation is 6. The number of hydrogen-bond donors (Lipinski definition) is 0. The summed E-state index contributed by atoms with van der Waals surface area (Å²) in [7, 11) is 0. The van der Waals surface area contributed by atoms with Crippen molar-refractivity contribution in [2.75, 3.05) is 0 Å². The first-order chi connectivity index (χ1) is 14.4. The molecule has 0 nitrogen and oxygen atoms in total. The van der Waals surface area contributed by atoms with E-state index in [9.17, 15) is 0 Å². The van der Waals surface area contributed by atoms with Gasteiger partial charge < -0.3 is 14.9 Å². The Bertz CT molecular complexity index is 1020. The average molecular weight is 593 g/mol. The van der Waals surface area contributed by atoms with Gasteiger partial charge in [-0.3, -0.25) is 0 Å². The molecule has 0 bridgehead atoms. The van der Waals surface area contributed by atoms with Crippen LogP contribution in [0.2, 0.25) is 0 Å². The van der Waals surface area contributed by atoms with E-state index in [0.717, 1.165) is 0 Å². The van der Waals surface area contributed by atoms with Crippen LogP contribution in [0.5, 0.6) is 0 Å². The van der Waals surface area contributed by atoms with Gasteiger partial charge in [-0.25, -0.2) is 0 Å². The Morgan fingerprint density at radius 3 is 1.26 bits per heavy atom. The monoisotopic (exact) mass is 590 g/mol. The third kappa shape index (κ3) is 9.42. The summed E-state index contributed by atoms with van der Waals surface area (Å²) in [5.74, 6) is 0. The van der Waals surface area contributed by atoms with E-state index in [0.29, 0.717) is 0 Å². The fourth-order valence-corrected chi connectivity index (χ4v) is 4.37. The van der Waals surface area contributed by atoms with E-state index in [4.69, 9.17) is 0 Å². The van der Waals surface area contributed by atoms with Crippen LogP contribution < -0.4 is 0 Å². The predicted octanol–water partition coefficient (Wildman–Crippen LogP) is 9.62. The van der Waals surface area contributed by atoms with Crippen LogP contribution in [0.15, 0.2) is 48.5 Å². The molecule has 4 rings (SSSR count). The van der Waals surface area contributed by atoms with Crippen molar-refractivity contribution in [2.45, 2.75) is 67.2 Å². The molecule has 0 aliphatic carbocycles. The molecule has 188 valence electrons. The minimum atomic E-state index is 0. The molecular formula is C30H42Cl2SiZr-4. The van der Waals surface area contributed by atoms with E-state index in [1.807, 2.05) is 0 Å². The standard InChI is InChI=1S/2C14H17.2CH3.2ClH.Si.Zr/c2*1-4-5-13-11(3)6-7-12-8-10(2)9-14(12)13;;;;;;/h2*6-9H,4-5H2,1-3H3;2*1H3;2*1H;;/q4*-1;;;;. The SMILES string of the molecule is CCCc1c(C)ccc2[cH-]c(C)cc12.CCCc1c(C)ccc2[cH-]c(C)cc12.Cl.Cl.[CH3-].[CH3-].[Si]=[Zr]. The first-order valence-electron chi connectivity index (χ1n) is 11.0. The summed E-state index contributed by atoms with van der Waals surface area (Å²) >= 11 is 1.36. The second-order valence-electron chi connectivity index (χ2n) is 8.29. The average Bonchev–Trinajstić information content (AvgIpc) is 3.30. The molecule has 0 N–H and O–H groups in total. The molecule has 34 heavy (non-hydrogen) atoms. The van der Waals surface area contributed by atoms with Gasteiger partial charge in [0.25, 0.3) is 0 Å². The maximum absolute atomic E-state index is 3.06. The van der Waals surface area contributed by atoms with Crippen molar-refractivity contribution >= 4 is 53.2 Å². The molecule has 0 saturated carbocycles. The van der Waals surface area contributed by atoms with Crippen molar-refractivity contribution in [1.29, 1.82) is 0 Å². The number of rotatable bonds is 4. The van der Waals surface area contributed by atoms with Gasteiger partial charge in [0.05, 0.1) is 0 Å². The number of hydrogen-bond acceptors (Lipinski definition) is 0. The molecule has 0 amide bonds. The zero-order valence-corrected chi connectivity index (χ0v) is 27.4. The first kappa shape index (κ1) is 37.9. The van der Waals surface area contributed by atoms with E-state index in [1.165, 1.54) is 104 Å². The number of halogens is 2. The van der Waals surface area contributed by atoms with Gasteiger partial charge in [0, 0.05) is 0 Å². The fourth-order valence-electron chi connectivity index (χ4n) is 4.37. The maximum atomic E-state index is 3.06. The van der Waals surface area contributed by atoms with Crippen LogP contribution in [0, 0.1) is 42.5 Å². The van der Waals surface area contributed by atoms with E-state index in [-0.39, 0.29) is 39.7 Å². The van der Waals surface area contributed by atoms with Gasteiger partial charge >= 0.3 is 30.2 Å². The first-order valence-corrected chi connectivity index (χ1v) is 15.2. The van der Waals surface area contributed by atoms with Crippen molar-refractivity contribution in [3.8, 4) is 0 Å². The van der Waals surface area contributed by atoms with Crippen LogP contribution >= 0.6 is 24.8 Å². The molecule has 4 heteroatoms. The van der Waals surface area contributed by atoms with Crippen molar-refractivity contribution in [2.24, 2.45) is 0 Å². The summed E-state index contributed by atoms with van der Waals surface area (Å²) in [5.41, 5.74) is 8.71. The number of fused-ring (bicyclic) bond motifs is 2. The Balaban J connectivity index is -0.000000475. The van der Waals surface area contributed by atoms with Crippen LogP contribution in [0.1, 0.15) is 60.1 Å². The van der Waals surface area contributed by atoms with Gasteiger partial charge in [0.2, 0.25) is 0 Å². The summed E-state index contributed by atoms with van der Waals surface area (Å²) in [4.78, 5) is 0. The molecule has 2 radical (unpaired) electrons. The van der Waals surface area contributed by atoms with Gasteiger partial charge in [-0.1, -0.05) is 62.8 Å². The van der Waals surface area contributed by atoms with Gasteiger partial charge in [-0.05, 0) is 26.7 Å². The van der Waals surface area contributed by atoms with Gasteiger partial charge in [0.1, 0.15) is 0 Å². The summed E-state index contributed by atoms with van der Waals surface area (Å²) < 4.78 is 0.